The second-order valence-electron chi connectivity index (χ2n) is 12.2. The van der Waals surface area contributed by atoms with E-state index < -0.39 is 22.7 Å². The number of rotatable bonds is 4. The van der Waals surface area contributed by atoms with Crippen molar-refractivity contribution < 1.29 is 15.3 Å². The van der Waals surface area contributed by atoms with Crippen molar-refractivity contribution in [2.75, 3.05) is 0 Å². The van der Waals surface area contributed by atoms with Gasteiger partial charge in [-0.1, -0.05) is 65.8 Å². The Labute approximate surface area is 189 Å². The van der Waals surface area contributed by atoms with Crippen LogP contribution in [0.2, 0.25) is 0 Å². The van der Waals surface area contributed by atoms with E-state index in [1.165, 1.54) is 0 Å². The van der Waals surface area contributed by atoms with Crippen LogP contribution in [0.4, 0.5) is 0 Å². The predicted octanol–water partition coefficient (Wildman–Crippen LogP) is 5.42. The molecule has 2 saturated carbocycles. The second-order valence-corrected chi connectivity index (χ2v) is 12.2. The van der Waals surface area contributed by atoms with Gasteiger partial charge in [-0.15, -0.1) is 0 Å². The summed E-state index contributed by atoms with van der Waals surface area (Å²) in [7, 11) is 0. The highest BCUT2D eigenvalue weighted by Gasteiger charge is 2.65. The van der Waals surface area contributed by atoms with Crippen LogP contribution in [0.5, 0.6) is 0 Å². The number of hydrogen-bond acceptors (Lipinski definition) is 3. The van der Waals surface area contributed by atoms with E-state index >= 15 is 0 Å². The lowest BCUT2D eigenvalue weighted by Crippen LogP contribution is -2.62. The lowest BCUT2D eigenvalue weighted by Gasteiger charge is -2.60. The molecule has 3 nitrogen and oxygen atoms in total. The van der Waals surface area contributed by atoms with Crippen LogP contribution in [-0.4, -0.2) is 32.6 Å². The van der Waals surface area contributed by atoms with Crippen molar-refractivity contribution in [3.8, 4) is 0 Å². The zero-order valence-corrected chi connectivity index (χ0v) is 20.4. The van der Waals surface area contributed by atoms with Gasteiger partial charge >= 0.3 is 0 Å². The summed E-state index contributed by atoms with van der Waals surface area (Å²) in [5.74, 6) is 2.44. The molecule has 4 aliphatic carbocycles. The quantitative estimate of drug-likeness (QED) is 0.524. The monoisotopic (exact) mass is 428 g/mol. The molecule has 0 aromatic rings. The highest BCUT2D eigenvalue weighted by atomic mass is 16.3. The van der Waals surface area contributed by atoms with E-state index in [0.29, 0.717) is 42.9 Å². The van der Waals surface area contributed by atoms with Gasteiger partial charge in [-0.3, -0.25) is 0 Å². The largest absolute Gasteiger partial charge is 0.393 e. The molecule has 4 rings (SSSR count). The highest BCUT2D eigenvalue weighted by molar-refractivity contribution is 5.46. The molecule has 0 aliphatic heterocycles. The van der Waals surface area contributed by atoms with Crippen molar-refractivity contribution in [1.82, 2.24) is 0 Å². The van der Waals surface area contributed by atoms with E-state index in [1.54, 1.807) is 0 Å². The Morgan fingerprint density at radius 2 is 1.71 bits per heavy atom. The Kier molecular flexibility index (Phi) is 5.68. The average Bonchev–Trinajstić information content (AvgIpc) is 3.05. The van der Waals surface area contributed by atoms with Crippen molar-refractivity contribution >= 4 is 0 Å². The fourth-order valence-corrected chi connectivity index (χ4v) is 7.64. The van der Waals surface area contributed by atoms with Crippen LogP contribution in [0.3, 0.4) is 0 Å². The minimum Gasteiger partial charge on any atom is -0.393 e. The molecule has 0 unspecified atom stereocenters. The molecule has 0 heterocycles. The SMILES string of the molecule is CC(C)[C@@H](C)/C=C/[C@@H](C)[C@H]1CC[C@@H]2[C@]1(C)CC=C1[C@]2(O)C=C[C@@]2(O)C[C@@H](O)CC[C@]12C. The van der Waals surface area contributed by atoms with Crippen LogP contribution >= 0.6 is 0 Å². The zero-order chi connectivity index (χ0) is 22.8. The third kappa shape index (κ3) is 3.33. The second kappa shape index (κ2) is 7.57. The molecule has 0 aromatic heterocycles. The third-order valence-corrected chi connectivity index (χ3v) is 10.2. The van der Waals surface area contributed by atoms with Crippen LogP contribution in [0.25, 0.3) is 0 Å². The molecule has 0 aromatic carbocycles. The fourth-order valence-electron chi connectivity index (χ4n) is 7.64. The lowest BCUT2D eigenvalue weighted by atomic mass is 9.47. The number of aliphatic hydroxyl groups excluding tert-OH is 1. The van der Waals surface area contributed by atoms with Gasteiger partial charge in [0.05, 0.1) is 11.7 Å². The Bertz CT molecular complexity index is 796. The first-order chi connectivity index (χ1) is 14.4. The maximum absolute atomic E-state index is 12.2. The Hall–Kier alpha value is -0.900. The van der Waals surface area contributed by atoms with E-state index in [4.69, 9.17) is 0 Å². The smallest absolute Gasteiger partial charge is 0.108 e. The maximum Gasteiger partial charge on any atom is 0.108 e. The summed E-state index contributed by atoms with van der Waals surface area (Å²) < 4.78 is 0. The van der Waals surface area contributed by atoms with Gasteiger partial charge in [-0.05, 0) is 72.8 Å². The first-order valence-corrected chi connectivity index (χ1v) is 12.6. The molecule has 0 saturated heterocycles. The molecule has 3 N–H and O–H groups in total. The van der Waals surface area contributed by atoms with Gasteiger partial charge in [0.25, 0.3) is 0 Å². The van der Waals surface area contributed by atoms with Crippen molar-refractivity contribution in [3.63, 3.8) is 0 Å². The maximum atomic E-state index is 12.2. The summed E-state index contributed by atoms with van der Waals surface area (Å²) in [6.07, 6.45) is 15.2. The molecule has 0 radical (unpaired) electrons. The van der Waals surface area contributed by atoms with Crippen molar-refractivity contribution in [1.29, 1.82) is 0 Å². The molecular formula is C28H44O3. The number of fused-ring (bicyclic) bond motifs is 5. The Morgan fingerprint density at radius 3 is 2.39 bits per heavy atom. The summed E-state index contributed by atoms with van der Waals surface area (Å²) in [6.45, 7) is 13.7. The van der Waals surface area contributed by atoms with E-state index in [1.807, 2.05) is 12.2 Å². The molecule has 0 bridgehead atoms. The molecule has 0 spiro atoms. The molecule has 174 valence electrons. The summed E-state index contributed by atoms with van der Waals surface area (Å²) in [5, 5.41) is 33.8. The number of allylic oxidation sites excluding steroid dienone is 3. The van der Waals surface area contributed by atoms with E-state index in [-0.39, 0.29) is 11.3 Å². The van der Waals surface area contributed by atoms with Crippen molar-refractivity contribution in [2.24, 2.45) is 40.4 Å². The highest BCUT2D eigenvalue weighted by Crippen LogP contribution is 2.66. The van der Waals surface area contributed by atoms with E-state index in [2.05, 4.69) is 59.8 Å². The first kappa shape index (κ1) is 23.3. The van der Waals surface area contributed by atoms with Gasteiger partial charge in [0.1, 0.15) is 5.60 Å². The molecular weight excluding hydrogens is 384 g/mol. The fraction of sp³-hybridized carbons (Fsp3) is 0.786. The molecule has 0 amide bonds. The van der Waals surface area contributed by atoms with Gasteiger partial charge in [0.15, 0.2) is 0 Å². The molecule has 4 aliphatic rings. The minimum atomic E-state index is -1.07. The number of hydrogen-bond donors (Lipinski definition) is 3. The van der Waals surface area contributed by atoms with Crippen LogP contribution in [0, 0.1) is 40.4 Å². The molecule has 2 fully saturated rings. The molecule has 3 heteroatoms. The molecule has 9 atom stereocenters. The number of aliphatic hydroxyl groups is 3. The van der Waals surface area contributed by atoms with E-state index in [0.717, 1.165) is 24.8 Å². The summed E-state index contributed by atoms with van der Waals surface area (Å²) >= 11 is 0. The van der Waals surface area contributed by atoms with Crippen LogP contribution in [0.1, 0.15) is 80.1 Å². The molecule has 31 heavy (non-hydrogen) atoms. The van der Waals surface area contributed by atoms with Gasteiger partial charge < -0.3 is 15.3 Å². The summed E-state index contributed by atoms with van der Waals surface area (Å²) in [4.78, 5) is 0. The standard InChI is InChI=1S/C28H44O3/c1-18(2)19(3)7-8-20(4)22-9-10-23-25(22,5)13-12-24-26(6)14-11-21(29)17-27(26,30)15-16-28(23,24)31/h7-8,12,15-16,18-23,29-31H,9-11,13-14,17H2,1-6H3/b8-7+/t19-,20+,21-,22+,23+,25+,26+,27+,28-/m0/s1. The van der Waals surface area contributed by atoms with Crippen LogP contribution in [0.15, 0.2) is 36.0 Å². The van der Waals surface area contributed by atoms with Gasteiger partial charge in [-0.2, -0.15) is 0 Å². The predicted molar refractivity (Wildman–Crippen MR) is 126 cm³/mol. The van der Waals surface area contributed by atoms with Gasteiger partial charge in [-0.25, -0.2) is 0 Å². The topological polar surface area (TPSA) is 60.7 Å². The van der Waals surface area contributed by atoms with E-state index in [9.17, 15) is 15.3 Å². The first-order valence-electron chi connectivity index (χ1n) is 12.6. The Morgan fingerprint density at radius 1 is 1.00 bits per heavy atom. The van der Waals surface area contributed by atoms with Crippen LogP contribution in [-0.2, 0) is 0 Å². The third-order valence-electron chi connectivity index (χ3n) is 10.2. The summed E-state index contributed by atoms with van der Waals surface area (Å²) in [5.41, 5.74) is -1.51. The minimum absolute atomic E-state index is 0.0490. The normalized spacial score (nSPS) is 48.8. The van der Waals surface area contributed by atoms with Crippen molar-refractivity contribution in [3.05, 3.63) is 36.0 Å². The van der Waals surface area contributed by atoms with Crippen LogP contribution < -0.4 is 0 Å². The zero-order valence-electron chi connectivity index (χ0n) is 20.4. The van der Waals surface area contributed by atoms with Crippen molar-refractivity contribution in [2.45, 2.75) is 97.4 Å². The Balaban J connectivity index is 1.66. The average molecular weight is 429 g/mol. The van der Waals surface area contributed by atoms with Gasteiger partial charge in [0, 0.05) is 17.8 Å². The summed E-state index contributed by atoms with van der Waals surface area (Å²) in [6, 6.07) is 0. The lowest BCUT2D eigenvalue weighted by molar-refractivity contribution is -0.125. The van der Waals surface area contributed by atoms with Gasteiger partial charge in [0.2, 0.25) is 0 Å².